The maximum atomic E-state index is 14.2. The van der Waals surface area contributed by atoms with Crippen LogP contribution >= 0.6 is 0 Å². The van der Waals surface area contributed by atoms with Crippen LogP contribution in [0.2, 0.25) is 0 Å². The monoisotopic (exact) mass is 896 g/mol. The quantitative estimate of drug-likeness (QED) is 0.0423. The molecule has 0 saturated heterocycles. The van der Waals surface area contributed by atoms with Crippen molar-refractivity contribution in [2.75, 3.05) is 6.54 Å². The Hall–Kier alpha value is -6.20. The number of unbranched alkanes of at least 4 members (excludes halogenated alkanes) is 1. The van der Waals surface area contributed by atoms with Crippen molar-refractivity contribution in [3.63, 3.8) is 0 Å². The summed E-state index contributed by atoms with van der Waals surface area (Å²) in [7, 11) is 0. The summed E-state index contributed by atoms with van der Waals surface area (Å²) < 4.78 is 16.1. The number of para-hydroxylation sites is 1. The second-order valence-electron chi connectivity index (χ2n) is 17.4. The lowest BCUT2D eigenvalue weighted by Crippen LogP contribution is -2.60. The zero-order valence-electron chi connectivity index (χ0n) is 38.6. The number of alkyl carbamates (subject to hydrolysis) is 2. The van der Waals surface area contributed by atoms with E-state index in [1.807, 2.05) is 51.1 Å². The van der Waals surface area contributed by atoms with Gasteiger partial charge in [-0.2, -0.15) is 0 Å². The lowest BCUT2D eigenvalue weighted by Gasteiger charge is -2.30. The van der Waals surface area contributed by atoms with Crippen LogP contribution in [0, 0.1) is 17.8 Å². The van der Waals surface area contributed by atoms with E-state index in [4.69, 9.17) is 19.9 Å². The number of ether oxygens (including phenoxy) is 3. The van der Waals surface area contributed by atoms with Gasteiger partial charge in [0.25, 0.3) is 0 Å². The highest BCUT2D eigenvalue weighted by molar-refractivity contribution is 5.97. The van der Waals surface area contributed by atoms with E-state index < -0.39 is 102 Å². The van der Waals surface area contributed by atoms with Crippen LogP contribution in [0.5, 0.6) is 5.75 Å². The molecule has 0 radical (unpaired) electrons. The van der Waals surface area contributed by atoms with Gasteiger partial charge in [-0.05, 0) is 81.9 Å². The summed E-state index contributed by atoms with van der Waals surface area (Å²) in [4.78, 5) is 106. The molecule has 2 aromatic carbocycles. The van der Waals surface area contributed by atoms with E-state index in [1.54, 1.807) is 71.9 Å². The van der Waals surface area contributed by atoms with E-state index in [1.165, 1.54) is 0 Å². The average molecular weight is 896 g/mol. The summed E-state index contributed by atoms with van der Waals surface area (Å²) in [5, 5.41) is 15.8. The highest BCUT2D eigenvalue weighted by Gasteiger charge is 2.36. The molecule has 0 aromatic heterocycles. The van der Waals surface area contributed by atoms with E-state index in [9.17, 15) is 38.4 Å². The zero-order chi connectivity index (χ0) is 48.0. The molecule has 18 heteroatoms. The molecule has 0 heterocycles. The molecule has 7 amide bonds. The van der Waals surface area contributed by atoms with Crippen LogP contribution in [-0.2, 0) is 44.8 Å². The number of nitrogens with one attached hydrogen (secondary N) is 6. The van der Waals surface area contributed by atoms with Gasteiger partial charge in [0, 0.05) is 6.54 Å². The number of amides is 7. The largest absolute Gasteiger partial charge is 0.445 e. The third kappa shape index (κ3) is 20.8. The van der Waals surface area contributed by atoms with Crippen LogP contribution in [0.3, 0.4) is 0 Å². The maximum absolute atomic E-state index is 14.2. The third-order valence-corrected chi connectivity index (χ3v) is 9.76. The number of carbonyl (C=O) groups excluding carboxylic acids is 8. The SMILES string of the molecule is CC[C@H](C)[C@H](NC(=O)[C@H](CCCCNC(=O)OCc1ccccc1)NC(=O)[C@H](CC(N)=O)NC(=O)[C@H](CC(C)C)NC(=O)OC(C)(C)C)C(=O)N[C@H](C(=O)Oc1ccccc1)C(C)C. The number of benzene rings is 2. The molecule has 354 valence electrons. The number of carbonyl (C=O) groups is 8. The maximum Gasteiger partial charge on any atom is 0.408 e. The van der Waals surface area contributed by atoms with Crippen molar-refractivity contribution in [2.24, 2.45) is 23.5 Å². The fraction of sp³-hybridized carbons (Fsp3) is 0.565. The molecule has 0 aliphatic rings. The van der Waals surface area contributed by atoms with E-state index in [2.05, 4.69) is 31.9 Å². The smallest absolute Gasteiger partial charge is 0.408 e. The molecule has 64 heavy (non-hydrogen) atoms. The third-order valence-electron chi connectivity index (χ3n) is 9.76. The Morgan fingerprint density at radius 1 is 0.656 bits per heavy atom. The molecular formula is C46H69N7O11. The highest BCUT2D eigenvalue weighted by Crippen LogP contribution is 2.16. The summed E-state index contributed by atoms with van der Waals surface area (Å²) in [6.45, 7) is 15.9. The Balaban J connectivity index is 2.34. The van der Waals surface area contributed by atoms with Crippen LogP contribution in [0.25, 0.3) is 0 Å². The van der Waals surface area contributed by atoms with Crippen molar-refractivity contribution in [3.05, 3.63) is 66.2 Å². The Morgan fingerprint density at radius 2 is 1.22 bits per heavy atom. The average Bonchev–Trinajstić information content (AvgIpc) is 3.21. The Morgan fingerprint density at radius 3 is 1.78 bits per heavy atom. The fourth-order valence-electron chi connectivity index (χ4n) is 6.18. The second-order valence-corrected chi connectivity index (χ2v) is 17.4. The van der Waals surface area contributed by atoms with E-state index in [0.29, 0.717) is 12.8 Å². The highest BCUT2D eigenvalue weighted by atomic mass is 16.6. The summed E-state index contributed by atoms with van der Waals surface area (Å²) in [6.07, 6.45) is -1.01. The van der Waals surface area contributed by atoms with Crippen LogP contribution in [0.15, 0.2) is 60.7 Å². The lowest BCUT2D eigenvalue weighted by atomic mass is 9.96. The Kier molecular flexibility index (Phi) is 22.8. The predicted octanol–water partition coefficient (Wildman–Crippen LogP) is 4.14. The molecule has 0 saturated carbocycles. The van der Waals surface area contributed by atoms with Gasteiger partial charge in [0.15, 0.2) is 0 Å². The molecule has 0 bridgehead atoms. The topological polar surface area (TPSA) is 262 Å². The zero-order valence-corrected chi connectivity index (χ0v) is 38.6. The van der Waals surface area contributed by atoms with Crippen LogP contribution in [0.1, 0.15) is 106 Å². The number of nitrogens with two attached hydrogens (primary N) is 1. The predicted molar refractivity (Wildman–Crippen MR) is 239 cm³/mol. The van der Waals surface area contributed by atoms with Gasteiger partial charge >= 0.3 is 18.2 Å². The van der Waals surface area contributed by atoms with Gasteiger partial charge in [-0.1, -0.05) is 96.5 Å². The molecule has 18 nitrogen and oxygen atoms in total. The van der Waals surface area contributed by atoms with Crippen molar-refractivity contribution < 1.29 is 52.6 Å². The molecule has 0 aliphatic heterocycles. The van der Waals surface area contributed by atoms with Gasteiger partial charge in [0.2, 0.25) is 29.5 Å². The summed E-state index contributed by atoms with van der Waals surface area (Å²) in [5.74, 6) is -5.48. The normalized spacial score (nSPS) is 14.0. The van der Waals surface area contributed by atoms with Crippen molar-refractivity contribution in [1.82, 2.24) is 31.9 Å². The van der Waals surface area contributed by atoms with Crippen LogP contribution in [-0.4, -0.2) is 90.0 Å². The number of rotatable bonds is 25. The molecule has 2 rings (SSSR count). The van der Waals surface area contributed by atoms with E-state index in [0.717, 1.165) is 5.56 Å². The van der Waals surface area contributed by atoms with Gasteiger partial charge in [-0.15, -0.1) is 0 Å². The van der Waals surface area contributed by atoms with Crippen LogP contribution in [0.4, 0.5) is 9.59 Å². The fourth-order valence-corrected chi connectivity index (χ4v) is 6.18. The summed E-state index contributed by atoms with van der Waals surface area (Å²) in [5.41, 5.74) is 5.45. The van der Waals surface area contributed by atoms with Crippen molar-refractivity contribution in [1.29, 1.82) is 0 Å². The molecule has 8 N–H and O–H groups in total. The molecule has 0 spiro atoms. The van der Waals surface area contributed by atoms with Gasteiger partial charge in [-0.3, -0.25) is 24.0 Å². The molecule has 0 unspecified atom stereocenters. The van der Waals surface area contributed by atoms with Gasteiger partial charge in [-0.25, -0.2) is 14.4 Å². The lowest BCUT2D eigenvalue weighted by molar-refractivity contribution is -0.141. The standard InChI is InChI=1S/C46H69N7O11/c1-10-30(6)38(42(58)52-37(29(4)5)43(59)63-32-21-15-12-16-22-32)53-39(55)33(23-17-18-24-48-44(60)62-27-31-19-13-11-14-20-31)49-41(57)35(26-36(47)54)50-40(56)34(25-28(2)3)51-45(61)64-46(7,8)9/h11-16,19-22,28-30,33-35,37-38H,10,17-18,23-27H2,1-9H3,(H2,47,54)(H,48,60)(H,49,57)(H,50,56)(H,51,61)(H,52,58)(H,53,55)/t30-,33-,34-,35-,37-,38-/m0/s1. The summed E-state index contributed by atoms with van der Waals surface area (Å²) in [6, 6.07) is 11.1. The first kappa shape index (κ1) is 53.9. The van der Waals surface area contributed by atoms with Gasteiger partial charge in [0.1, 0.15) is 48.2 Å². The second kappa shape index (κ2) is 27.1. The van der Waals surface area contributed by atoms with Crippen LogP contribution < -0.4 is 42.4 Å². The minimum atomic E-state index is -1.58. The Labute approximate surface area is 376 Å². The van der Waals surface area contributed by atoms with Crippen molar-refractivity contribution >= 4 is 47.7 Å². The van der Waals surface area contributed by atoms with Gasteiger partial charge in [0.05, 0.1) is 6.42 Å². The number of primary amides is 1. The van der Waals surface area contributed by atoms with Crippen molar-refractivity contribution in [2.45, 2.75) is 143 Å². The summed E-state index contributed by atoms with van der Waals surface area (Å²) >= 11 is 0. The first-order valence-electron chi connectivity index (χ1n) is 21.8. The molecule has 0 fully saturated rings. The van der Waals surface area contributed by atoms with E-state index in [-0.39, 0.29) is 44.1 Å². The van der Waals surface area contributed by atoms with Gasteiger partial charge < -0.3 is 51.8 Å². The first-order chi connectivity index (χ1) is 30.1. The first-order valence-corrected chi connectivity index (χ1v) is 21.8. The number of hydrogen-bond donors (Lipinski definition) is 7. The minimum absolute atomic E-state index is 0.0153. The molecular weight excluding hydrogens is 827 g/mol. The minimum Gasteiger partial charge on any atom is -0.445 e. The number of hydrogen-bond acceptors (Lipinski definition) is 11. The Bertz CT molecular complexity index is 1840. The molecule has 6 atom stereocenters. The molecule has 0 aliphatic carbocycles. The number of esters is 1. The van der Waals surface area contributed by atoms with Crippen molar-refractivity contribution in [3.8, 4) is 5.75 Å². The van der Waals surface area contributed by atoms with E-state index >= 15 is 0 Å². The molecule has 2 aromatic rings.